The van der Waals surface area contributed by atoms with Crippen LogP contribution in [0, 0.1) is 5.92 Å². The minimum absolute atomic E-state index is 0.497. The van der Waals surface area contributed by atoms with E-state index in [1.54, 1.807) is 0 Å². The SMILES string of the molecule is COC1CCC(NC(C)C(C)C)C1. The Kier molecular flexibility index (Phi) is 4.20. The lowest BCUT2D eigenvalue weighted by molar-refractivity contribution is 0.106. The quantitative estimate of drug-likeness (QED) is 0.725. The summed E-state index contributed by atoms with van der Waals surface area (Å²) in [7, 11) is 1.82. The summed E-state index contributed by atoms with van der Waals surface area (Å²) in [5, 5.41) is 3.66. The number of hydrogen-bond donors (Lipinski definition) is 1. The summed E-state index contributed by atoms with van der Waals surface area (Å²) in [5.41, 5.74) is 0. The van der Waals surface area contributed by atoms with E-state index in [0.29, 0.717) is 18.2 Å². The second kappa shape index (κ2) is 4.97. The lowest BCUT2D eigenvalue weighted by Crippen LogP contribution is -2.38. The Bertz CT molecular complexity index is 147. The molecule has 0 aromatic carbocycles. The molecule has 1 N–H and O–H groups in total. The number of rotatable bonds is 4. The largest absolute Gasteiger partial charge is 0.381 e. The van der Waals surface area contributed by atoms with Gasteiger partial charge in [0.05, 0.1) is 6.10 Å². The van der Waals surface area contributed by atoms with Crippen LogP contribution in [0.5, 0.6) is 0 Å². The van der Waals surface area contributed by atoms with E-state index >= 15 is 0 Å². The van der Waals surface area contributed by atoms with Crippen molar-refractivity contribution in [3.8, 4) is 0 Å². The first-order valence-corrected chi connectivity index (χ1v) is 5.42. The van der Waals surface area contributed by atoms with Crippen LogP contribution in [0.1, 0.15) is 40.0 Å². The molecule has 3 unspecified atom stereocenters. The van der Waals surface area contributed by atoms with Crippen LogP contribution in [-0.4, -0.2) is 25.3 Å². The van der Waals surface area contributed by atoms with E-state index in [1.807, 2.05) is 7.11 Å². The first-order valence-electron chi connectivity index (χ1n) is 5.42. The zero-order valence-corrected chi connectivity index (χ0v) is 9.34. The van der Waals surface area contributed by atoms with Crippen molar-refractivity contribution in [2.24, 2.45) is 5.92 Å². The van der Waals surface area contributed by atoms with Gasteiger partial charge in [-0.1, -0.05) is 13.8 Å². The van der Waals surface area contributed by atoms with Crippen LogP contribution >= 0.6 is 0 Å². The Morgan fingerprint density at radius 3 is 2.38 bits per heavy atom. The van der Waals surface area contributed by atoms with Gasteiger partial charge in [-0.05, 0) is 32.1 Å². The fourth-order valence-corrected chi connectivity index (χ4v) is 1.87. The van der Waals surface area contributed by atoms with E-state index in [1.165, 1.54) is 19.3 Å². The topological polar surface area (TPSA) is 21.3 Å². The molecule has 0 radical (unpaired) electrons. The monoisotopic (exact) mass is 185 g/mol. The van der Waals surface area contributed by atoms with Crippen LogP contribution in [0.25, 0.3) is 0 Å². The van der Waals surface area contributed by atoms with Crippen LogP contribution in [0.3, 0.4) is 0 Å². The molecule has 1 saturated carbocycles. The smallest absolute Gasteiger partial charge is 0.0586 e. The van der Waals surface area contributed by atoms with Gasteiger partial charge in [-0.25, -0.2) is 0 Å². The van der Waals surface area contributed by atoms with Crippen molar-refractivity contribution in [3.63, 3.8) is 0 Å². The van der Waals surface area contributed by atoms with Gasteiger partial charge in [-0.15, -0.1) is 0 Å². The van der Waals surface area contributed by atoms with Gasteiger partial charge in [0, 0.05) is 19.2 Å². The van der Waals surface area contributed by atoms with Crippen molar-refractivity contribution >= 4 is 0 Å². The minimum Gasteiger partial charge on any atom is -0.381 e. The lowest BCUT2D eigenvalue weighted by Gasteiger charge is -2.22. The van der Waals surface area contributed by atoms with Gasteiger partial charge in [0.2, 0.25) is 0 Å². The third kappa shape index (κ3) is 3.28. The Hall–Kier alpha value is -0.0800. The summed E-state index contributed by atoms with van der Waals surface area (Å²) in [4.78, 5) is 0. The van der Waals surface area contributed by atoms with E-state index < -0.39 is 0 Å². The zero-order chi connectivity index (χ0) is 9.84. The van der Waals surface area contributed by atoms with Crippen LogP contribution in [0.4, 0.5) is 0 Å². The third-order valence-corrected chi connectivity index (χ3v) is 3.22. The van der Waals surface area contributed by atoms with Crippen molar-refractivity contribution < 1.29 is 4.74 Å². The second-order valence-corrected chi connectivity index (χ2v) is 4.57. The molecule has 1 fully saturated rings. The molecular weight excluding hydrogens is 162 g/mol. The molecule has 2 heteroatoms. The normalized spacial score (nSPS) is 31.2. The molecule has 0 spiro atoms. The highest BCUT2D eigenvalue weighted by atomic mass is 16.5. The average Bonchev–Trinajstić information content (AvgIpc) is 2.52. The summed E-state index contributed by atoms with van der Waals surface area (Å²) in [5.74, 6) is 0.724. The molecule has 0 amide bonds. The molecule has 13 heavy (non-hydrogen) atoms. The molecule has 0 heterocycles. The molecule has 0 aromatic heterocycles. The predicted molar refractivity (Wildman–Crippen MR) is 55.9 cm³/mol. The van der Waals surface area contributed by atoms with Crippen molar-refractivity contribution in [1.82, 2.24) is 5.32 Å². The molecule has 0 bridgehead atoms. The van der Waals surface area contributed by atoms with Crippen molar-refractivity contribution in [3.05, 3.63) is 0 Å². The van der Waals surface area contributed by atoms with E-state index in [0.717, 1.165) is 5.92 Å². The predicted octanol–water partition coefficient (Wildman–Crippen LogP) is 2.19. The standard InChI is InChI=1S/C11H23NO/c1-8(2)9(3)12-10-5-6-11(7-10)13-4/h8-12H,5-7H2,1-4H3. The Balaban J connectivity index is 2.23. The highest BCUT2D eigenvalue weighted by Crippen LogP contribution is 2.22. The van der Waals surface area contributed by atoms with Crippen LogP contribution in [-0.2, 0) is 4.74 Å². The summed E-state index contributed by atoms with van der Waals surface area (Å²) < 4.78 is 5.34. The van der Waals surface area contributed by atoms with Gasteiger partial charge in [-0.3, -0.25) is 0 Å². The fraction of sp³-hybridized carbons (Fsp3) is 1.00. The summed E-state index contributed by atoms with van der Waals surface area (Å²) in [6.45, 7) is 6.80. The maximum absolute atomic E-state index is 5.34. The Morgan fingerprint density at radius 2 is 1.92 bits per heavy atom. The van der Waals surface area contributed by atoms with Crippen LogP contribution in [0.15, 0.2) is 0 Å². The molecule has 0 aromatic rings. The van der Waals surface area contributed by atoms with E-state index in [-0.39, 0.29) is 0 Å². The molecule has 78 valence electrons. The van der Waals surface area contributed by atoms with Gasteiger partial charge < -0.3 is 10.1 Å². The van der Waals surface area contributed by atoms with Crippen molar-refractivity contribution in [1.29, 1.82) is 0 Å². The molecule has 1 aliphatic rings. The first kappa shape index (κ1) is 11.0. The fourth-order valence-electron chi connectivity index (χ4n) is 1.87. The van der Waals surface area contributed by atoms with E-state index in [2.05, 4.69) is 26.1 Å². The van der Waals surface area contributed by atoms with Crippen LogP contribution < -0.4 is 5.32 Å². The summed E-state index contributed by atoms with van der Waals surface area (Å²) in [6, 6.07) is 1.31. The third-order valence-electron chi connectivity index (χ3n) is 3.22. The Labute approximate surface area is 82.0 Å². The molecule has 3 atom stereocenters. The average molecular weight is 185 g/mol. The minimum atomic E-state index is 0.497. The van der Waals surface area contributed by atoms with E-state index in [4.69, 9.17) is 4.74 Å². The van der Waals surface area contributed by atoms with E-state index in [9.17, 15) is 0 Å². The number of nitrogens with one attached hydrogen (secondary N) is 1. The van der Waals surface area contributed by atoms with Gasteiger partial charge in [-0.2, -0.15) is 0 Å². The highest BCUT2D eigenvalue weighted by molar-refractivity contribution is 4.83. The van der Waals surface area contributed by atoms with Gasteiger partial charge >= 0.3 is 0 Å². The van der Waals surface area contributed by atoms with Gasteiger partial charge in [0.15, 0.2) is 0 Å². The van der Waals surface area contributed by atoms with Crippen molar-refractivity contribution in [2.45, 2.75) is 58.2 Å². The lowest BCUT2D eigenvalue weighted by atomic mass is 10.1. The maximum Gasteiger partial charge on any atom is 0.0586 e. The molecule has 1 rings (SSSR count). The number of methoxy groups -OCH3 is 1. The molecule has 1 aliphatic carbocycles. The highest BCUT2D eigenvalue weighted by Gasteiger charge is 2.25. The zero-order valence-electron chi connectivity index (χ0n) is 9.34. The molecule has 2 nitrogen and oxygen atoms in total. The van der Waals surface area contributed by atoms with Crippen LogP contribution in [0.2, 0.25) is 0 Å². The first-order chi connectivity index (χ1) is 6.13. The molecular formula is C11H23NO. The summed E-state index contributed by atoms with van der Waals surface area (Å²) in [6.07, 6.45) is 4.18. The maximum atomic E-state index is 5.34. The van der Waals surface area contributed by atoms with Crippen molar-refractivity contribution in [2.75, 3.05) is 7.11 Å². The Morgan fingerprint density at radius 1 is 1.23 bits per heavy atom. The number of ether oxygens (including phenoxy) is 1. The summed E-state index contributed by atoms with van der Waals surface area (Å²) >= 11 is 0. The van der Waals surface area contributed by atoms with Gasteiger partial charge in [0.1, 0.15) is 0 Å². The second-order valence-electron chi connectivity index (χ2n) is 4.57. The van der Waals surface area contributed by atoms with Gasteiger partial charge in [0.25, 0.3) is 0 Å². The molecule has 0 aliphatic heterocycles. The molecule has 0 saturated heterocycles. The number of hydrogen-bond acceptors (Lipinski definition) is 2.